The van der Waals surface area contributed by atoms with Gasteiger partial charge in [0, 0.05) is 18.4 Å². The molecular weight excluding hydrogens is 114 g/mol. The maximum Gasteiger partial charge on any atom is 0.136 e. The Kier molecular flexibility index (Phi) is 3.47. The van der Waals surface area contributed by atoms with Gasteiger partial charge in [-0.25, -0.2) is 0 Å². The highest BCUT2D eigenvalue weighted by molar-refractivity contribution is 5.80. The highest BCUT2D eigenvalue weighted by atomic mass is 16.1. The van der Waals surface area contributed by atoms with E-state index in [0.29, 0.717) is 6.42 Å². The summed E-state index contributed by atoms with van der Waals surface area (Å²) in [5.41, 5.74) is 5.41. The third-order valence-corrected chi connectivity index (χ3v) is 1.17. The summed E-state index contributed by atoms with van der Waals surface area (Å²) in [6.07, 6.45) is 0.512. The lowest BCUT2D eigenvalue weighted by molar-refractivity contribution is -0.122. The first-order chi connectivity index (χ1) is 4.04. The van der Waals surface area contributed by atoms with Gasteiger partial charge in [0.25, 0.3) is 0 Å². The molecule has 0 spiro atoms. The zero-order valence-electron chi connectivity index (χ0n) is 6.35. The van der Waals surface area contributed by atoms with Crippen LogP contribution in [0.4, 0.5) is 0 Å². The number of carbonyl (C=O) groups is 1. The van der Waals surface area contributed by atoms with Crippen LogP contribution in [0.2, 0.25) is 0 Å². The van der Waals surface area contributed by atoms with E-state index in [-0.39, 0.29) is 17.7 Å². The number of ketones is 1. The normalized spacial score (nSPS) is 13.9. The third kappa shape index (κ3) is 4.15. The van der Waals surface area contributed by atoms with Crippen molar-refractivity contribution >= 4 is 5.78 Å². The van der Waals surface area contributed by atoms with E-state index >= 15 is 0 Å². The molecule has 0 aromatic carbocycles. The SMILES string of the molecule is CC(C)C(=O)C[C@H](C)N. The van der Waals surface area contributed by atoms with Crippen molar-refractivity contribution in [2.45, 2.75) is 33.2 Å². The monoisotopic (exact) mass is 129 g/mol. The van der Waals surface area contributed by atoms with Gasteiger partial charge < -0.3 is 5.73 Å². The van der Waals surface area contributed by atoms with Crippen LogP contribution in [0.15, 0.2) is 0 Å². The molecule has 0 bridgehead atoms. The lowest BCUT2D eigenvalue weighted by atomic mass is 10.0. The first-order valence-electron chi connectivity index (χ1n) is 3.32. The molecule has 0 aromatic heterocycles. The van der Waals surface area contributed by atoms with Gasteiger partial charge in [0.2, 0.25) is 0 Å². The van der Waals surface area contributed by atoms with E-state index in [1.54, 1.807) is 0 Å². The van der Waals surface area contributed by atoms with E-state index in [0.717, 1.165) is 0 Å². The smallest absolute Gasteiger partial charge is 0.136 e. The molecule has 0 aliphatic carbocycles. The van der Waals surface area contributed by atoms with Crippen molar-refractivity contribution in [2.75, 3.05) is 0 Å². The minimum atomic E-state index is 0.0138. The number of rotatable bonds is 3. The van der Waals surface area contributed by atoms with Crippen molar-refractivity contribution in [3.63, 3.8) is 0 Å². The molecule has 0 radical (unpaired) electrons. The maximum atomic E-state index is 10.9. The quantitative estimate of drug-likeness (QED) is 0.616. The fourth-order valence-electron chi connectivity index (χ4n) is 0.553. The van der Waals surface area contributed by atoms with Crippen LogP contribution in [0, 0.1) is 5.92 Å². The van der Waals surface area contributed by atoms with E-state index in [1.165, 1.54) is 0 Å². The van der Waals surface area contributed by atoms with Gasteiger partial charge in [-0.15, -0.1) is 0 Å². The highest BCUT2D eigenvalue weighted by Gasteiger charge is 2.08. The van der Waals surface area contributed by atoms with Crippen LogP contribution in [0.3, 0.4) is 0 Å². The van der Waals surface area contributed by atoms with Crippen LogP contribution < -0.4 is 5.73 Å². The highest BCUT2D eigenvalue weighted by Crippen LogP contribution is 1.99. The molecule has 0 unspecified atom stereocenters. The molecule has 0 aromatic rings. The average molecular weight is 129 g/mol. The standard InChI is InChI=1S/C7H15NO/c1-5(2)7(9)4-6(3)8/h5-6H,4,8H2,1-3H3/t6-/m0/s1. The number of carbonyl (C=O) groups excluding carboxylic acids is 1. The zero-order chi connectivity index (χ0) is 7.44. The molecule has 0 saturated carbocycles. The Morgan fingerprint density at radius 1 is 1.44 bits per heavy atom. The Labute approximate surface area is 56.4 Å². The van der Waals surface area contributed by atoms with Gasteiger partial charge in [-0.3, -0.25) is 4.79 Å². The molecule has 0 amide bonds. The second kappa shape index (κ2) is 3.62. The molecule has 0 saturated heterocycles. The molecule has 0 rings (SSSR count). The van der Waals surface area contributed by atoms with Crippen molar-refractivity contribution in [1.29, 1.82) is 0 Å². The zero-order valence-corrected chi connectivity index (χ0v) is 6.35. The Hall–Kier alpha value is -0.370. The molecule has 54 valence electrons. The van der Waals surface area contributed by atoms with Gasteiger partial charge in [0.1, 0.15) is 5.78 Å². The van der Waals surface area contributed by atoms with Crippen molar-refractivity contribution in [2.24, 2.45) is 11.7 Å². The van der Waals surface area contributed by atoms with Gasteiger partial charge in [0.05, 0.1) is 0 Å². The van der Waals surface area contributed by atoms with Crippen LogP contribution >= 0.6 is 0 Å². The van der Waals surface area contributed by atoms with Gasteiger partial charge in [0.15, 0.2) is 0 Å². The second-order valence-electron chi connectivity index (χ2n) is 2.80. The molecule has 2 nitrogen and oxygen atoms in total. The Morgan fingerprint density at radius 3 is 2.00 bits per heavy atom. The van der Waals surface area contributed by atoms with Crippen molar-refractivity contribution in [3.8, 4) is 0 Å². The van der Waals surface area contributed by atoms with Gasteiger partial charge >= 0.3 is 0 Å². The summed E-state index contributed by atoms with van der Waals surface area (Å²) >= 11 is 0. The van der Waals surface area contributed by atoms with E-state index in [2.05, 4.69) is 0 Å². The lowest BCUT2D eigenvalue weighted by Gasteiger charge is -2.05. The number of nitrogens with two attached hydrogens (primary N) is 1. The van der Waals surface area contributed by atoms with Crippen LogP contribution in [0.25, 0.3) is 0 Å². The van der Waals surface area contributed by atoms with Gasteiger partial charge in [-0.05, 0) is 6.92 Å². The maximum absolute atomic E-state index is 10.9. The van der Waals surface area contributed by atoms with E-state index in [1.807, 2.05) is 20.8 Å². The van der Waals surface area contributed by atoms with Crippen LogP contribution in [-0.4, -0.2) is 11.8 Å². The van der Waals surface area contributed by atoms with Crippen LogP contribution in [0.5, 0.6) is 0 Å². The van der Waals surface area contributed by atoms with E-state index in [9.17, 15) is 4.79 Å². The molecule has 0 aliphatic heterocycles. The van der Waals surface area contributed by atoms with Crippen molar-refractivity contribution in [1.82, 2.24) is 0 Å². The molecule has 0 aliphatic rings. The Balaban J connectivity index is 3.51. The molecule has 9 heavy (non-hydrogen) atoms. The van der Waals surface area contributed by atoms with E-state index in [4.69, 9.17) is 5.73 Å². The molecule has 0 fully saturated rings. The Bertz CT molecular complexity index is 97.1. The topological polar surface area (TPSA) is 43.1 Å². The molecular formula is C7H15NO. The third-order valence-electron chi connectivity index (χ3n) is 1.17. The summed E-state index contributed by atoms with van der Waals surface area (Å²) < 4.78 is 0. The first-order valence-corrected chi connectivity index (χ1v) is 3.32. The summed E-state index contributed by atoms with van der Waals surface area (Å²) in [6.45, 7) is 5.63. The summed E-state index contributed by atoms with van der Waals surface area (Å²) in [6, 6.07) is 0.0138. The van der Waals surface area contributed by atoms with Gasteiger partial charge in [-0.1, -0.05) is 13.8 Å². The summed E-state index contributed by atoms with van der Waals surface area (Å²) in [5.74, 6) is 0.390. The van der Waals surface area contributed by atoms with Crippen LogP contribution in [0.1, 0.15) is 27.2 Å². The predicted octanol–water partition coefficient (Wildman–Crippen LogP) is 0.949. The molecule has 2 heteroatoms. The predicted molar refractivity (Wildman–Crippen MR) is 38.1 cm³/mol. The fourth-order valence-corrected chi connectivity index (χ4v) is 0.553. The largest absolute Gasteiger partial charge is 0.328 e. The number of hydrogen-bond acceptors (Lipinski definition) is 2. The first kappa shape index (κ1) is 8.63. The molecule has 0 heterocycles. The lowest BCUT2D eigenvalue weighted by Crippen LogP contribution is -2.22. The summed E-state index contributed by atoms with van der Waals surface area (Å²) in [4.78, 5) is 10.9. The van der Waals surface area contributed by atoms with Crippen molar-refractivity contribution in [3.05, 3.63) is 0 Å². The molecule has 2 N–H and O–H groups in total. The summed E-state index contributed by atoms with van der Waals surface area (Å²) in [5, 5.41) is 0. The summed E-state index contributed by atoms with van der Waals surface area (Å²) in [7, 11) is 0. The minimum Gasteiger partial charge on any atom is -0.328 e. The fraction of sp³-hybridized carbons (Fsp3) is 0.857. The van der Waals surface area contributed by atoms with Gasteiger partial charge in [-0.2, -0.15) is 0 Å². The average Bonchev–Trinajstić information content (AvgIpc) is 1.63. The number of Topliss-reactive ketones (excluding diaryl/α,β-unsaturated/α-hetero) is 1. The Morgan fingerprint density at radius 2 is 1.89 bits per heavy atom. The van der Waals surface area contributed by atoms with E-state index < -0.39 is 0 Å². The van der Waals surface area contributed by atoms with Crippen molar-refractivity contribution < 1.29 is 4.79 Å². The van der Waals surface area contributed by atoms with Crippen LogP contribution in [-0.2, 0) is 4.79 Å². The minimum absolute atomic E-state index is 0.0138. The number of hydrogen-bond donors (Lipinski definition) is 1. The molecule has 1 atom stereocenters. The second-order valence-corrected chi connectivity index (χ2v) is 2.80.